The number of carbonyl (C=O) groups excluding carboxylic acids is 1. The van der Waals surface area contributed by atoms with Gasteiger partial charge in [-0.15, -0.1) is 0 Å². The molecule has 0 aromatic heterocycles. The summed E-state index contributed by atoms with van der Waals surface area (Å²) in [6.07, 6.45) is 0. The molecule has 2 aromatic rings. The Morgan fingerprint density at radius 2 is 1.76 bits per heavy atom. The van der Waals surface area contributed by atoms with Gasteiger partial charge in [-0.1, -0.05) is 20.8 Å². The fourth-order valence-electron chi connectivity index (χ4n) is 2.96. The third-order valence-corrected chi connectivity index (χ3v) is 4.75. The minimum absolute atomic E-state index is 0.0981. The summed E-state index contributed by atoms with van der Waals surface area (Å²) in [6, 6.07) is 10.1. The molecule has 0 fully saturated rings. The molecule has 2 rings (SSSR count). The number of hydrogen-bond acceptors (Lipinski definition) is 8. The number of aliphatic imine (C=N–C) groups is 1. The van der Waals surface area contributed by atoms with Gasteiger partial charge in [-0.2, -0.15) is 5.10 Å². The number of nitrogens with zero attached hydrogens (tertiary/aromatic N) is 2. The molecule has 2 aromatic carbocycles. The molecule has 0 saturated heterocycles. The van der Waals surface area contributed by atoms with Crippen molar-refractivity contribution < 1.29 is 28.9 Å². The summed E-state index contributed by atoms with van der Waals surface area (Å²) in [6.45, 7) is 7.04. The first-order chi connectivity index (χ1) is 16.0. The van der Waals surface area contributed by atoms with E-state index in [1.54, 1.807) is 37.3 Å². The molecule has 0 unspecified atom stereocenters. The van der Waals surface area contributed by atoms with Gasteiger partial charge in [-0.25, -0.2) is 9.79 Å². The van der Waals surface area contributed by atoms with E-state index in [2.05, 4.69) is 15.4 Å². The second-order valence-corrected chi connectivity index (χ2v) is 8.35. The van der Waals surface area contributed by atoms with Gasteiger partial charge < -0.3 is 30.5 Å². The van der Waals surface area contributed by atoms with Crippen LogP contribution in [0.3, 0.4) is 0 Å². The van der Waals surface area contributed by atoms with Gasteiger partial charge in [-0.3, -0.25) is 4.79 Å². The van der Waals surface area contributed by atoms with Gasteiger partial charge in [-0.05, 0) is 42.2 Å². The lowest BCUT2D eigenvalue weighted by Gasteiger charge is -2.21. The number of benzene rings is 2. The molecular formula is C24H30N4O6. The Hall–Kier alpha value is -4.08. The van der Waals surface area contributed by atoms with Crippen molar-refractivity contribution in [3.05, 3.63) is 42.0 Å². The number of rotatable bonds is 9. The zero-order chi connectivity index (χ0) is 25.5. The topological polar surface area (TPSA) is 145 Å². The number of nitrogens with one attached hydrogen (secondary N) is 1. The number of nitrogens with two attached hydrogens (primary N) is 1. The second-order valence-electron chi connectivity index (χ2n) is 8.35. The molecule has 4 N–H and O–H groups in total. The fourth-order valence-corrected chi connectivity index (χ4v) is 2.96. The molecule has 1 amide bonds. The van der Waals surface area contributed by atoms with E-state index in [0.29, 0.717) is 28.6 Å². The summed E-state index contributed by atoms with van der Waals surface area (Å²) < 4.78 is 15.9. The van der Waals surface area contributed by atoms with Crippen molar-refractivity contribution in [1.29, 1.82) is 0 Å². The predicted molar refractivity (Wildman–Crippen MR) is 131 cm³/mol. The van der Waals surface area contributed by atoms with Crippen LogP contribution >= 0.6 is 0 Å². The van der Waals surface area contributed by atoms with E-state index in [-0.39, 0.29) is 16.8 Å². The SMILES string of the molecule is COc1ccc(OC)c(N=C(C)/C(=N\N)C(=O)Nc2cc(OCC(=O)O)cc(C(C)(C)C)c2)c1. The summed E-state index contributed by atoms with van der Waals surface area (Å²) in [7, 11) is 3.04. The summed E-state index contributed by atoms with van der Waals surface area (Å²) in [5.41, 5.74) is 1.54. The number of ether oxygens (including phenoxy) is 3. The van der Waals surface area contributed by atoms with Gasteiger partial charge in [0.2, 0.25) is 0 Å². The molecule has 0 aliphatic heterocycles. The van der Waals surface area contributed by atoms with Crippen LogP contribution in [0.15, 0.2) is 46.5 Å². The molecular weight excluding hydrogens is 440 g/mol. The Balaban J connectivity index is 2.37. The average Bonchev–Trinajstić information content (AvgIpc) is 2.77. The van der Waals surface area contributed by atoms with Crippen molar-refractivity contribution in [3.8, 4) is 17.2 Å². The van der Waals surface area contributed by atoms with E-state index in [0.717, 1.165) is 5.56 Å². The maximum atomic E-state index is 13.0. The van der Waals surface area contributed by atoms with Crippen LogP contribution in [0.5, 0.6) is 17.2 Å². The fraction of sp³-hybridized carbons (Fsp3) is 0.333. The maximum Gasteiger partial charge on any atom is 0.341 e. The Morgan fingerprint density at radius 1 is 1.06 bits per heavy atom. The smallest absolute Gasteiger partial charge is 0.341 e. The minimum atomic E-state index is -1.11. The van der Waals surface area contributed by atoms with Crippen molar-refractivity contribution in [2.45, 2.75) is 33.1 Å². The van der Waals surface area contributed by atoms with Gasteiger partial charge in [0.05, 0.1) is 19.9 Å². The first-order valence-electron chi connectivity index (χ1n) is 10.4. The second kappa shape index (κ2) is 11.2. The Labute approximate surface area is 198 Å². The van der Waals surface area contributed by atoms with Crippen LogP contribution in [0.25, 0.3) is 0 Å². The molecule has 0 bridgehead atoms. The molecule has 10 nitrogen and oxygen atoms in total. The van der Waals surface area contributed by atoms with Crippen LogP contribution in [0.1, 0.15) is 33.3 Å². The zero-order valence-corrected chi connectivity index (χ0v) is 20.1. The first-order valence-corrected chi connectivity index (χ1v) is 10.4. The number of hydrazone groups is 1. The highest BCUT2D eigenvalue weighted by Crippen LogP contribution is 2.32. The Kier molecular flexibility index (Phi) is 8.60. The number of amides is 1. The highest BCUT2D eigenvalue weighted by atomic mass is 16.5. The highest BCUT2D eigenvalue weighted by Gasteiger charge is 2.20. The number of carboxylic acid groups (broad SMARTS) is 1. The van der Waals surface area contributed by atoms with E-state index in [1.807, 2.05) is 20.8 Å². The summed E-state index contributed by atoms with van der Waals surface area (Å²) in [5, 5.41) is 15.3. The largest absolute Gasteiger partial charge is 0.497 e. The van der Waals surface area contributed by atoms with Crippen molar-refractivity contribution in [2.24, 2.45) is 15.9 Å². The van der Waals surface area contributed by atoms with Crippen LogP contribution < -0.4 is 25.4 Å². The molecule has 0 spiro atoms. The minimum Gasteiger partial charge on any atom is -0.497 e. The quantitative estimate of drug-likeness (QED) is 0.289. The van der Waals surface area contributed by atoms with Crippen molar-refractivity contribution >= 4 is 34.7 Å². The number of carbonyl (C=O) groups is 2. The lowest BCUT2D eigenvalue weighted by molar-refractivity contribution is -0.139. The third kappa shape index (κ3) is 6.96. The van der Waals surface area contributed by atoms with E-state index in [4.69, 9.17) is 25.2 Å². The van der Waals surface area contributed by atoms with Crippen LogP contribution in [0, 0.1) is 0 Å². The van der Waals surface area contributed by atoms with Gasteiger partial charge in [0, 0.05) is 17.8 Å². The Bertz CT molecular complexity index is 1120. The normalized spacial score (nSPS) is 12.2. The molecule has 0 aliphatic carbocycles. The van der Waals surface area contributed by atoms with Crippen LogP contribution in [-0.4, -0.2) is 49.2 Å². The van der Waals surface area contributed by atoms with Gasteiger partial charge in [0.15, 0.2) is 12.3 Å². The van der Waals surface area contributed by atoms with Crippen molar-refractivity contribution in [3.63, 3.8) is 0 Å². The molecule has 0 radical (unpaired) electrons. The van der Waals surface area contributed by atoms with E-state index in [9.17, 15) is 9.59 Å². The molecule has 0 aliphatic rings. The lowest BCUT2D eigenvalue weighted by Crippen LogP contribution is -2.30. The first kappa shape index (κ1) is 26.2. The van der Waals surface area contributed by atoms with Crippen LogP contribution in [-0.2, 0) is 15.0 Å². The molecule has 0 atom stereocenters. The van der Waals surface area contributed by atoms with Crippen molar-refractivity contribution in [2.75, 3.05) is 26.1 Å². The highest BCUT2D eigenvalue weighted by molar-refractivity contribution is 6.68. The number of carboxylic acids is 1. The number of hydrogen-bond donors (Lipinski definition) is 3. The number of aliphatic carboxylic acids is 1. The molecule has 10 heteroatoms. The van der Waals surface area contributed by atoms with E-state index < -0.39 is 18.5 Å². The summed E-state index contributed by atoms with van der Waals surface area (Å²) >= 11 is 0. The zero-order valence-electron chi connectivity index (χ0n) is 20.1. The standard InChI is InChI=1S/C24H30N4O6/c1-14(26-19-12-17(32-5)7-8-20(19)33-6)22(28-25)23(31)27-16-9-15(24(2,3)4)10-18(11-16)34-13-21(29)30/h7-12H,13,25H2,1-6H3,(H,27,31)(H,29,30)/b26-14?,28-22+. The van der Waals surface area contributed by atoms with Crippen LogP contribution in [0.2, 0.25) is 0 Å². The van der Waals surface area contributed by atoms with Gasteiger partial charge in [0.1, 0.15) is 22.9 Å². The Morgan fingerprint density at radius 3 is 2.32 bits per heavy atom. The van der Waals surface area contributed by atoms with Crippen LogP contribution in [0.4, 0.5) is 11.4 Å². The van der Waals surface area contributed by atoms with Gasteiger partial charge >= 0.3 is 5.97 Å². The molecule has 0 heterocycles. The van der Waals surface area contributed by atoms with E-state index >= 15 is 0 Å². The molecule has 0 saturated carbocycles. The molecule has 34 heavy (non-hydrogen) atoms. The van der Waals surface area contributed by atoms with Crippen molar-refractivity contribution in [1.82, 2.24) is 0 Å². The number of methoxy groups -OCH3 is 2. The number of anilines is 1. The van der Waals surface area contributed by atoms with Gasteiger partial charge in [0.25, 0.3) is 5.91 Å². The monoisotopic (exact) mass is 470 g/mol. The summed E-state index contributed by atoms with van der Waals surface area (Å²) in [4.78, 5) is 28.3. The molecule has 182 valence electrons. The average molecular weight is 471 g/mol. The lowest BCUT2D eigenvalue weighted by atomic mass is 9.86. The van der Waals surface area contributed by atoms with E-state index in [1.165, 1.54) is 20.3 Å². The predicted octanol–water partition coefficient (Wildman–Crippen LogP) is 3.51. The maximum absolute atomic E-state index is 13.0. The summed E-state index contributed by atoms with van der Waals surface area (Å²) in [5.74, 6) is 5.17. The third-order valence-electron chi connectivity index (χ3n) is 4.75.